The van der Waals surface area contributed by atoms with Gasteiger partial charge in [-0.3, -0.25) is 4.40 Å². The van der Waals surface area contributed by atoms with Crippen LogP contribution in [0.2, 0.25) is 0 Å². The molecule has 0 aromatic carbocycles. The summed E-state index contributed by atoms with van der Waals surface area (Å²) in [6.07, 6.45) is 5.97. The number of nitrogens with two attached hydrogens (primary N) is 1. The minimum atomic E-state index is -0.897. The van der Waals surface area contributed by atoms with Gasteiger partial charge in [0.15, 0.2) is 11.5 Å². The average Bonchev–Trinajstić information content (AvgIpc) is 3.56. The van der Waals surface area contributed by atoms with Crippen molar-refractivity contribution in [2.45, 2.75) is 65.2 Å². The molecule has 12 nitrogen and oxygen atoms in total. The largest absolute Gasteiger partial charge is 0.443 e. The van der Waals surface area contributed by atoms with Crippen LogP contribution in [0.1, 0.15) is 54.0 Å². The average molecular weight is 549 g/mol. The number of carbonyl (C=O) groups is 2. The highest BCUT2D eigenvalue weighted by atomic mass is 16.6. The third-order valence-electron chi connectivity index (χ3n) is 6.57. The van der Waals surface area contributed by atoms with E-state index in [4.69, 9.17) is 15.2 Å². The fraction of sp³-hybridized carbons (Fsp3) is 0.464. The first-order chi connectivity index (χ1) is 18.7. The number of aromatic nitrogens is 5. The van der Waals surface area contributed by atoms with Gasteiger partial charge in [-0.25, -0.2) is 24.5 Å². The monoisotopic (exact) mass is 548 g/mol. The summed E-state index contributed by atoms with van der Waals surface area (Å²) in [4.78, 5) is 43.8. The van der Waals surface area contributed by atoms with Gasteiger partial charge in [-0.1, -0.05) is 0 Å². The SMILES string of the molecule is CN1CCC(n2cc(-c3ccc(N)c4nccn34)c3c(N(C(=O)OC(C)(C)C)C(=O)OC(C)(C)C)ncnc32)C1. The molecule has 0 spiro atoms. The fourth-order valence-corrected chi connectivity index (χ4v) is 4.97. The van der Waals surface area contributed by atoms with Crippen molar-refractivity contribution in [3.63, 3.8) is 0 Å². The van der Waals surface area contributed by atoms with E-state index < -0.39 is 23.4 Å². The number of hydrogen-bond acceptors (Lipinski definition) is 9. The number of fused-ring (bicyclic) bond motifs is 2. The number of carbonyl (C=O) groups excluding carboxylic acids is 2. The van der Waals surface area contributed by atoms with Crippen molar-refractivity contribution in [3.8, 4) is 11.3 Å². The number of pyridine rings is 1. The van der Waals surface area contributed by atoms with Crippen LogP contribution in [-0.2, 0) is 9.47 Å². The number of likely N-dealkylation sites (N-methyl/N-ethyl adjacent to an activating group) is 1. The summed E-state index contributed by atoms with van der Waals surface area (Å²) < 4.78 is 15.3. The molecule has 2 amide bonds. The van der Waals surface area contributed by atoms with Crippen LogP contribution in [0.4, 0.5) is 21.1 Å². The van der Waals surface area contributed by atoms with Crippen LogP contribution in [-0.4, -0.2) is 72.3 Å². The van der Waals surface area contributed by atoms with Crippen molar-refractivity contribution in [3.05, 3.63) is 37.1 Å². The van der Waals surface area contributed by atoms with Crippen molar-refractivity contribution in [1.29, 1.82) is 0 Å². The molecule has 0 bridgehead atoms. The molecular weight excluding hydrogens is 512 g/mol. The molecule has 0 saturated carbocycles. The Bertz CT molecular complexity index is 1570. The number of amides is 2. The van der Waals surface area contributed by atoms with E-state index in [1.807, 2.05) is 22.9 Å². The first-order valence-electron chi connectivity index (χ1n) is 13.3. The maximum Gasteiger partial charge on any atom is 0.425 e. The smallest absolute Gasteiger partial charge is 0.425 e. The van der Waals surface area contributed by atoms with Gasteiger partial charge in [0.2, 0.25) is 0 Å². The van der Waals surface area contributed by atoms with Crippen molar-refractivity contribution in [1.82, 2.24) is 28.8 Å². The van der Waals surface area contributed by atoms with Gasteiger partial charge < -0.3 is 24.7 Å². The molecule has 5 rings (SSSR count). The molecule has 0 aliphatic carbocycles. The number of rotatable bonds is 3. The molecule has 1 aliphatic rings. The second-order valence-electron chi connectivity index (χ2n) is 12.1. The maximum atomic E-state index is 13.6. The standard InChI is InChI=1S/C28H36N8O4/c1-27(2,3)39-25(37)36(26(38)40-28(4,5)6)24-21-18(20-9-8-19(29)22-30-11-13-34(20)22)15-35(23(21)31-16-32-24)17-10-12-33(7)14-17/h8-9,11,13,15-17H,10,12,14,29H2,1-7H3. The minimum Gasteiger partial charge on any atom is -0.443 e. The lowest BCUT2D eigenvalue weighted by Gasteiger charge is -2.28. The predicted molar refractivity (Wildman–Crippen MR) is 152 cm³/mol. The third kappa shape index (κ3) is 5.18. The van der Waals surface area contributed by atoms with Crippen molar-refractivity contribution >= 4 is 40.4 Å². The van der Waals surface area contributed by atoms with Gasteiger partial charge in [-0.2, -0.15) is 4.90 Å². The maximum absolute atomic E-state index is 13.6. The lowest BCUT2D eigenvalue weighted by molar-refractivity contribution is 0.0429. The molecule has 12 heteroatoms. The highest BCUT2D eigenvalue weighted by Crippen LogP contribution is 2.39. The van der Waals surface area contributed by atoms with Gasteiger partial charge in [-0.05, 0) is 73.7 Å². The molecule has 1 saturated heterocycles. The van der Waals surface area contributed by atoms with E-state index in [0.29, 0.717) is 27.9 Å². The Kier molecular flexibility index (Phi) is 6.69. The molecule has 40 heavy (non-hydrogen) atoms. The number of hydrogen-bond donors (Lipinski definition) is 1. The molecule has 1 unspecified atom stereocenters. The summed E-state index contributed by atoms with van der Waals surface area (Å²) in [6, 6.07) is 3.80. The Balaban J connectivity index is 1.79. The second kappa shape index (κ2) is 9.77. The molecule has 5 heterocycles. The van der Waals surface area contributed by atoms with Crippen LogP contribution in [0, 0.1) is 0 Å². The van der Waals surface area contributed by atoms with Gasteiger partial charge in [-0.15, -0.1) is 0 Å². The van der Waals surface area contributed by atoms with E-state index in [9.17, 15) is 9.59 Å². The van der Waals surface area contributed by atoms with Crippen LogP contribution in [0.15, 0.2) is 37.1 Å². The normalized spacial score (nSPS) is 16.5. The molecule has 0 radical (unpaired) electrons. The molecular formula is C28H36N8O4. The van der Waals surface area contributed by atoms with Crippen LogP contribution >= 0.6 is 0 Å². The summed E-state index contributed by atoms with van der Waals surface area (Å²) in [5.74, 6) is 0.0682. The molecule has 1 aliphatic heterocycles. The topological polar surface area (TPSA) is 133 Å². The van der Waals surface area contributed by atoms with Gasteiger partial charge >= 0.3 is 12.2 Å². The minimum absolute atomic E-state index is 0.0682. The van der Waals surface area contributed by atoms with Gasteiger partial charge in [0.25, 0.3) is 0 Å². The van der Waals surface area contributed by atoms with E-state index in [2.05, 4.69) is 31.5 Å². The number of imide groups is 1. The summed E-state index contributed by atoms with van der Waals surface area (Å²) in [7, 11) is 2.08. The first kappa shape index (κ1) is 27.4. The van der Waals surface area contributed by atoms with Gasteiger partial charge in [0, 0.05) is 36.7 Å². The molecule has 1 fully saturated rings. The fourth-order valence-electron chi connectivity index (χ4n) is 4.97. The zero-order chi connectivity index (χ0) is 29.0. The number of anilines is 2. The summed E-state index contributed by atoms with van der Waals surface area (Å²) in [5.41, 5.74) is 7.63. The Hall–Kier alpha value is -4.19. The zero-order valence-corrected chi connectivity index (χ0v) is 24.0. The Morgan fingerprint density at radius 2 is 1.68 bits per heavy atom. The predicted octanol–water partition coefficient (Wildman–Crippen LogP) is 4.88. The van der Waals surface area contributed by atoms with Crippen molar-refractivity contribution < 1.29 is 19.1 Å². The molecule has 1 atom stereocenters. The molecule has 4 aromatic rings. The second-order valence-corrected chi connectivity index (χ2v) is 12.1. The Labute approximate surface area is 232 Å². The zero-order valence-electron chi connectivity index (χ0n) is 24.0. The number of imidazole rings is 1. The Morgan fingerprint density at radius 1 is 1.00 bits per heavy atom. The summed E-state index contributed by atoms with van der Waals surface area (Å²) >= 11 is 0. The van der Waals surface area contributed by atoms with E-state index in [-0.39, 0.29) is 11.9 Å². The van der Waals surface area contributed by atoms with Crippen LogP contribution in [0.25, 0.3) is 27.9 Å². The van der Waals surface area contributed by atoms with E-state index in [0.717, 1.165) is 30.1 Å². The van der Waals surface area contributed by atoms with Crippen molar-refractivity contribution in [2.75, 3.05) is 30.8 Å². The third-order valence-corrected chi connectivity index (χ3v) is 6.57. The number of nitrogen functional groups attached to an aromatic ring is 1. The van der Waals surface area contributed by atoms with Crippen LogP contribution in [0.5, 0.6) is 0 Å². The Morgan fingerprint density at radius 3 is 2.27 bits per heavy atom. The van der Waals surface area contributed by atoms with Crippen LogP contribution in [0.3, 0.4) is 0 Å². The van der Waals surface area contributed by atoms with E-state index in [1.54, 1.807) is 53.8 Å². The van der Waals surface area contributed by atoms with Crippen molar-refractivity contribution in [2.24, 2.45) is 0 Å². The van der Waals surface area contributed by atoms with E-state index in [1.165, 1.54) is 6.33 Å². The quantitative estimate of drug-likeness (QED) is 0.380. The lowest BCUT2D eigenvalue weighted by Crippen LogP contribution is -2.44. The number of ether oxygens (including phenoxy) is 2. The van der Waals surface area contributed by atoms with E-state index >= 15 is 0 Å². The summed E-state index contributed by atoms with van der Waals surface area (Å²) in [5, 5.41) is 0.508. The van der Waals surface area contributed by atoms with Crippen LogP contribution < -0.4 is 10.6 Å². The van der Waals surface area contributed by atoms with Gasteiger partial charge in [0.1, 0.15) is 23.2 Å². The number of likely N-dealkylation sites (tertiary alicyclic amines) is 1. The first-order valence-corrected chi connectivity index (χ1v) is 13.3. The molecule has 212 valence electrons. The molecule has 4 aromatic heterocycles. The highest BCUT2D eigenvalue weighted by Gasteiger charge is 2.37. The lowest BCUT2D eigenvalue weighted by atomic mass is 10.1. The van der Waals surface area contributed by atoms with Gasteiger partial charge in [0.05, 0.1) is 16.8 Å². The molecule has 2 N–H and O–H groups in total. The highest BCUT2D eigenvalue weighted by molar-refractivity contribution is 6.16. The number of nitrogens with zero attached hydrogens (tertiary/aromatic N) is 7. The summed E-state index contributed by atoms with van der Waals surface area (Å²) in [6.45, 7) is 12.2.